The lowest BCUT2D eigenvalue weighted by Gasteiger charge is -2.20. The molecule has 1 aliphatic heterocycles. The fourth-order valence-corrected chi connectivity index (χ4v) is 2.30. The number of nitrogens with one attached hydrogen (secondary N) is 1. The smallest absolute Gasteiger partial charge is 0.194 e. The zero-order valence-corrected chi connectivity index (χ0v) is 14.2. The predicted molar refractivity (Wildman–Crippen MR) is 92.2 cm³/mol. The molecule has 1 fully saturated rings. The number of benzene rings is 1. The fraction of sp³-hybridized carbons (Fsp3) is 0.533. The average molecular weight is 373 g/mol. The van der Waals surface area contributed by atoms with E-state index >= 15 is 0 Å². The molecule has 0 amide bonds. The zero-order valence-electron chi connectivity index (χ0n) is 11.9. The van der Waals surface area contributed by atoms with Gasteiger partial charge in [0.05, 0.1) is 6.54 Å². The lowest BCUT2D eigenvalue weighted by molar-refractivity contribution is 0.493. The van der Waals surface area contributed by atoms with Crippen LogP contribution in [0.3, 0.4) is 0 Å². The Labute approximate surface area is 133 Å². The van der Waals surface area contributed by atoms with Crippen molar-refractivity contribution in [3.63, 3.8) is 0 Å². The first-order valence-electron chi connectivity index (χ1n) is 6.89. The molecule has 1 aliphatic rings. The van der Waals surface area contributed by atoms with Crippen molar-refractivity contribution in [2.45, 2.75) is 33.2 Å². The first kappa shape index (κ1) is 16.3. The van der Waals surface area contributed by atoms with Crippen molar-refractivity contribution in [2.24, 2.45) is 4.99 Å². The van der Waals surface area contributed by atoms with Gasteiger partial charge in [-0.2, -0.15) is 0 Å². The van der Waals surface area contributed by atoms with Crippen LogP contribution < -0.4 is 5.32 Å². The third-order valence-electron chi connectivity index (χ3n) is 3.40. The monoisotopic (exact) mass is 373 g/mol. The van der Waals surface area contributed by atoms with Crippen LogP contribution in [-0.4, -0.2) is 30.5 Å². The molecule has 1 aromatic carbocycles. The highest BCUT2D eigenvalue weighted by Gasteiger charge is 2.15. The first-order chi connectivity index (χ1) is 8.81. The summed E-state index contributed by atoms with van der Waals surface area (Å²) in [4.78, 5) is 7.12. The molecule has 3 nitrogen and oxygen atoms in total. The molecular weight excluding hydrogens is 349 g/mol. The van der Waals surface area contributed by atoms with E-state index in [0.29, 0.717) is 0 Å². The molecule has 0 atom stereocenters. The summed E-state index contributed by atoms with van der Waals surface area (Å²) in [6.07, 6.45) is 2.57. The quantitative estimate of drug-likeness (QED) is 0.501. The number of hydrogen-bond acceptors (Lipinski definition) is 1. The van der Waals surface area contributed by atoms with Gasteiger partial charge in [-0.25, -0.2) is 4.99 Å². The Bertz CT molecular complexity index is 412. The van der Waals surface area contributed by atoms with E-state index in [1.54, 1.807) is 0 Å². The second-order valence-electron chi connectivity index (χ2n) is 4.79. The molecule has 0 radical (unpaired) electrons. The molecule has 1 heterocycles. The maximum atomic E-state index is 4.76. The Hall–Kier alpha value is -0.780. The summed E-state index contributed by atoms with van der Waals surface area (Å²) in [6, 6.07) is 8.47. The molecule has 0 bridgehead atoms. The molecule has 0 saturated carbocycles. The normalized spacial score (nSPS) is 15.3. The third-order valence-corrected chi connectivity index (χ3v) is 3.40. The van der Waals surface area contributed by atoms with E-state index in [1.807, 2.05) is 0 Å². The Balaban J connectivity index is 0.00000180. The van der Waals surface area contributed by atoms with Gasteiger partial charge in [-0.05, 0) is 37.8 Å². The third kappa shape index (κ3) is 4.67. The fourth-order valence-electron chi connectivity index (χ4n) is 2.30. The predicted octanol–water partition coefficient (Wildman–Crippen LogP) is 3.17. The number of aryl methyl sites for hydroxylation is 1. The Morgan fingerprint density at radius 3 is 2.58 bits per heavy atom. The molecule has 0 unspecified atom stereocenters. The highest BCUT2D eigenvalue weighted by molar-refractivity contribution is 14.0. The van der Waals surface area contributed by atoms with E-state index < -0.39 is 0 Å². The molecule has 0 spiro atoms. The highest BCUT2D eigenvalue weighted by atomic mass is 127. The van der Waals surface area contributed by atoms with Gasteiger partial charge in [0.2, 0.25) is 0 Å². The van der Waals surface area contributed by atoms with E-state index in [0.717, 1.165) is 32.1 Å². The van der Waals surface area contributed by atoms with Crippen molar-refractivity contribution < 1.29 is 0 Å². The van der Waals surface area contributed by atoms with E-state index in [1.165, 1.54) is 24.0 Å². The summed E-state index contributed by atoms with van der Waals surface area (Å²) in [7, 11) is 0. The van der Waals surface area contributed by atoms with Gasteiger partial charge in [0.25, 0.3) is 0 Å². The van der Waals surface area contributed by atoms with Crippen molar-refractivity contribution in [3.8, 4) is 0 Å². The summed E-state index contributed by atoms with van der Waals surface area (Å²) in [5.74, 6) is 1.07. The van der Waals surface area contributed by atoms with Crippen LogP contribution in [0.2, 0.25) is 0 Å². The van der Waals surface area contributed by atoms with Gasteiger partial charge >= 0.3 is 0 Å². The Morgan fingerprint density at radius 1 is 1.26 bits per heavy atom. The zero-order chi connectivity index (χ0) is 12.8. The molecule has 19 heavy (non-hydrogen) atoms. The lowest BCUT2D eigenvalue weighted by atomic mass is 10.1. The molecule has 1 aromatic rings. The van der Waals surface area contributed by atoms with Gasteiger partial charge in [0.1, 0.15) is 0 Å². The summed E-state index contributed by atoms with van der Waals surface area (Å²) in [6.45, 7) is 8.25. The number of rotatable bonds is 3. The van der Waals surface area contributed by atoms with Crippen molar-refractivity contribution in [2.75, 3.05) is 19.6 Å². The number of likely N-dealkylation sites (tertiary alicyclic amines) is 1. The minimum Gasteiger partial charge on any atom is -0.357 e. The van der Waals surface area contributed by atoms with E-state index in [-0.39, 0.29) is 24.0 Å². The minimum absolute atomic E-state index is 0. The van der Waals surface area contributed by atoms with Crippen molar-refractivity contribution >= 4 is 29.9 Å². The summed E-state index contributed by atoms with van der Waals surface area (Å²) < 4.78 is 0. The largest absolute Gasteiger partial charge is 0.357 e. The molecule has 106 valence electrons. The molecule has 0 aromatic heterocycles. The van der Waals surface area contributed by atoms with E-state index in [4.69, 9.17) is 4.99 Å². The maximum absolute atomic E-state index is 4.76. The van der Waals surface area contributed by atoms with Crippen molar-refractivity contribution in [1.29, 1.82) is 0 Å². The molecule has 1 saturated heterocycles. The van der Waals surface area contributed by atoms with Crippen LogP contribution in [0, 0.1) is 6.92 Å². The van der Waals surface area contributed by atoms with Crippen LogP contribution in [0.4, 0.5) is 0 Å². The van der Waals surface area contributed by atoms with Crippen LogP contribution in [0.15, 0.2) is 29.3 Å². The molecule has 4 heteroatoms. The lowest BCUT2D eigenvalue weighted by Crippen LogP contribution is -2.39. The molecule has 1 N–H and O–H groups in total. The van der Waals surface area contributed by atoms with Gasteiger partial charge in [0.15, 0.2) is 5.96 Å². The van der Waals surface area contributed by atoms with Gasteiger partial charge in [-0.3, -0.25) is 0 Å². The summed E-state index contributed by atoms with van der Waals surface area (Å²) in [5.41, 5.74) is 2.63. The Morgan fingerprint density at radius 2 is 1.95 bits per heavy atom. The first-order valence-corrected chi connectivity index (χ1v) is 6.89. The van der Waals surface area contributed by atoms with E-state index in [9.17, 15) is 0 Å². The average Bonchev–Trinajstić information content (AvgIpc) is 2.90. The van der Waals surface area contributed by atoms with Crippen LogP contribution in [0.1, 0.15) is 30.9 Å². The number of nitrogens with zero attached hydrogens (tertiary/aromatic N) is 2. The maximum Gasteiger partial charge on any atom is 0.194 e. The second kappa shape index (κ2) is 8.40. The van der Waals surface area contributed by atoms with Crippen molar-refractivity contribution in [3.05, 3.63) is 35.4 Å². The van der Waals surface area contributed by atoms with Crippen molar-refractivity contribution in [1.82, 2.24) is 10.2 Å². The molecule has 2 rings (SSSR count). The summed E-state index contributed by atoms with van der Waals surface area (Å²) in [5, 5.41) is 3.39. The van der Waals surface area contributed by atoms with Gasteiger partial charge in [0, 0.05) is 19.6 Å². The number of hydrogen-bond donors (Lipinski definition) is 1. The van der Waals surface area contributed by atoms with Gasteiger partial charge < -0.3 is 10.2 Å². The standard InChI is InChI=1S/C15H23N3.HI/c1-3-16-15(18-10-6-7-11-18)17-12-14-9-5-4-8-13(14)2;/h4-5,8-9H,3,6-7,10-12H2,1-2H3,(H,16,17);1H. The minimum atomic E-state index is 0. The second-order valence-corrected chi connectivity index (χ2v) is 4.79. The van der Waals surface area contributed by atoms with Crippen LogP contribution in [-0.2, 0) is 6.54 Å². The topological polar surface area (TPSA) is 27.6 Å². The number of halogens is 1. The van der Waals surface area contributed by atoms with Gasteiger partial charge in [-0.1, -0.05) is 24.3 Å². The van der Waals surface area contributed by atoms with Gasteiger partial charge in [-0.15, -0.1) is 24.0 Å². The molecule has 0 aliphatic carbocycles. The van der Waals surface area contributed by atoms with Crippen LogP contribution >= 0.6 is 24.0 Å². The SMILES string of the molecule is CCNC(=NCc1ccccc1C)N1CCCC1.I. The van der Waals surface area contributed by atoms with Crippen LogP contribution in [0.25, 0.3) is 0 Å². The number of aliphatic imine (C=N–C) groups is 1. The highest BCUT2D eigenvalue weighted by Crippen LogP contribution is 2.11. The Kier molecular flexibility index (Phi) is 7.20. The number of guanidine groups is 1. The molecular formula is C15H24IN3. The van der Waals surface area contributed by atoms with E-state index in [2.05, 4.69) is 48.3 Å². The van der Waals surface area contributed by atoms with Crippen LogP contribution in [0.5, 0.6) is 0 Å². The summed E-state index contributed by atoms with van der Waals surface area (Å²) >= 11 is 0.